The predicted molar refractivity (Wildman–Crippen MR) is 73.8 cm³/mol. The molecular formula is C11H18ClN3OS. The maximum Gasteiger partial charge on any atom is 0.158 e. The maximum absolute atomic E-state index is 5.91. The molecule has 1 aromatic rings. The van der Waals surface area contributed by atoms with Crippen molar-refractivity contribution in [3.8, 4) is 0 Å². The van der Waals surface area contributed by atoms with E-state index in [0.29, 0.717) is 23.5 Å². The van der Waals surface area contributed by atoms with Gasteiger partial charge < -0.3 is 10.1 Å². The Morgan fingerprint density at radius 3 is 2.94 bits per heavy atom. The number of ether oxygens (including phenoxy) is 1. The fourth-order valence-corrected chi connectivity index (χ4v) is 2.26. The topological polar surface area (TPSA) is 47.0 Å². The van der Waals surface area contributed by atoms with Crippen molar-refractivity contribution >= 4 is 29.2 Å². The van der Waals surface area contributed by atoms with E-state index in [0.717, 1.165) is 18.1 Å². The van der Waals surface area contributed by atoms with Gasteiger partial charge in [-0.15, -0.1) is 0 Å². The Morgan fingerprint density at radius 2 is 2.29 bits per heavy atom. The highest BCUT2D eigenvalue weighted by molar-refractivity contribution is 7.98. The Kier molecular flexibility index (Phi) is 6.62. The van der Waals surface area contributed by atoms with Crippen LogP contribution in [0.5, 0.6) is 0 Å². The fraction of sp³-hybridized carbons (Fsp3) is 0.636. The average Bonchev–Trinajstić information content (AvgIpc) is 2.26. The first kappa shape index (κ1) is 14.5. The molecule has 0 aliphatic heterocycles. The molecule has 96 valence electrons. The van der Waals surface area contributed by atoms with Crippen molar-refractivity contribution < 1.29 is 4.74 Å². The minimum atomic E-state index is 0.371. The van der Waals surface area contributed by atoms with Gasteiger partial charge in [0.2, 0.25) is 0 Å². The first-order chi connectivity index (χ1) is 8.15. The Labute approximate surface area is 112 Å². The summed E-state index contributed by atoms with van der Waals surface area (Å²) in [4.78, 5) is 8.39. The van der Waals surface area contributed by atoms with Crippen molar-refractivity contribution in [2.24, 2.45) is 5.92 Å². The van der Waals surface area contributed by atoms with Gasteiger partial charge in [-0.3, -0.25) is 0 Å². The molecule has 4 nitrogen and oxygen atoms in total. The quantitative estimate of drug-likeness (QED) is 0.776. The summed E-state index contributed by atoms with van der Waals surface area (Å²) in [6.07, 6.45) is 2.11. The molecular weight excluding hydrogens is 258 g/mol. The van der Waals surface area contributed by atoms with E-state index in [2.05, 4.69) is 28.5 Å². The van der Waals surface area contributed by atoms with Gasteiger partial charge in [0.15, 0.2) is 5.82 Å². The van der Waals surface area contributed by atoms with Gasteiger partial charge in [-0.1, -0.05) is 18.5 Å². The highest BCUT2D eigenvalue weighted by Crippen LogP contribution is 2.13. The molecule has 0 saturated carbocycles. The van der Waals surface area contributed by atoms with E-state index < -0.39 is 0 Å². The Morgan fingerprint density at radius 1 is 1.53 bits per heavy atom. The lowest BCUT2D eigenvalue weighted by molar-refractivity contribution is 0.178. The third-order valence-corrected chi connectivity index (χ3v) is 3.19. The number of hydrogen-bond donors (Lipinski definition) is 1. The predicted octanol–water partition coefficient (Wildman–Crippen LogP) is 2.69. The zero-order valence-corrected chi connectivity index (χ0v) is 11.9. The normalized spacial score (nSPS) is 12.5. The van der Waals surface area contributed by atoms with E-state index in [9.17, 15) is 0 Å². The Bertz CT molecular complexity index is 351. The number of aromatic nitrogens is 2. The minimum absolute atomic E-state index is 0.371. The van der Waals surface area contributed by atoms with Crippen LogP contribution in [0.2, 0.25) is 5.15 Å². The van der Waals surface area contributed by atoms with Crippen molar-refractivity contribution in [2.75, 3.05) is 31.0 Å². The van der Waals surface area contributed by atoms with Gasteiger partial charge in [0, 0.05) is 19.7 Å². The molecule has 0 fully saturated rings. The summed E-state index contributed by atoms with van der Waals surface area (Å²) in [6, 6.07) is 1.73. The summed E-state index contributed by atoms with van der Waals surface area (Å²) < 4.78 is 4.99. The van der Waals surface area contributed by atoms with Crippen LogP contribution in [-0.4, -0.2) is 35.6 Å². The van der Waals surface area contributed by atoms with E-state index in [1.807, 2.05) is 11.8 Å². The molecule has 1 rings (SSSR count). The summed E-state index contributed by atoms with van der Waals surface area (Å²) in [6.45, 7) is 3.44. The van der Waals surface area contributed by atoms with Crippen LogP contribution in [0, 0.1) is 5.92 Å². The van der Waals surface area contributed by atoms with Gasteiger partial charge in [-0.2, -0.15) is 11.8 Å². The lowest BCUT2D eigenvalue weighted by Crippen LogP contribution is -2.14. The molecule has 0 spiro atoms. The van der Waals surface area contributed by atoms with Crippen LogP contribution in [0.4, 0.5) is 5.82 Å². The van der Waals surface area contributed by atoms with Crippen LogP contribution in [-0.2, 0) is 11.3 Å². The Balaban J connectivity index is 2.57. The molecule has 6 heteroatoms. The number of nitrogens with zero attached hydrogens (tertiary/aromatic N) is 2. The average molecular weight is 276 g/mol. The van der Waals surface area contributed by atoms with Crippen molar-refractivity contribution in [1.82, 2.24) is 9.97 Å². The molecule has 1 heterocycles. The van der Waals surface area contributed by atoms with E-state index in [4.69, 9.17) is 16.3 Å². The number of nitrogens with one attached hydrogen (secondary N) is 1. The zero-order valence-electron chi connectivity index (χ0n) is 10.4. The monoisotopic (exact) mass is 275 g/mol. The number of thioether (sulfide) groups is 1. The minimum Gasteiger partial charge on any atom is -0.377 e. The molecule has 0 bridgehead atoms. The SMILES string of the molecule is COCc1nc(Cl)cc(NCC(C)CSC)n1. The molecule has 1 atom stereocenters. The number of anilines is 1. The largest absolute Gasteiger partial charge is 0.377 e. The Hall–Kier alpha value is -0.520. The van der Waals surface area contributed by atoms with E-state index in [1.165, 1.54) is 0 Å². The maximum atomic E-state index is 5.91. The highest BCUT2D eigenvalue weighted by atomic mass is 35.5. The summed E-state index contributed by atoms with van der Waals surface area (Å²) in [7, 11) is 1.61. The van der Waals surface area contributed by atoms with Gasteiger partial charge in [0.25, 0.3) is 0 Å². The van der Waals surface area contributed by atoms with Crippen LogP contribution < -0.4 is 5.32 Å². The van der Waals surface area contributed by atoms with Gasteiger partial charge in [-0.05, 0) is 17.9 Å². The molecule has 0 aromatic carbocycles. The van der Waals surface area contributed by atoms with Crippen molar-refractivity contribution in [3.63, 3.8) is 0 Å². The number of rotatable bonds is 7. The first-order valence-electron chi connectivity index (χ1n) is 5.41. The smallest absolute Gasteiger partial charge is 0.158 e. The van der Waals surface area contributed by atoms with Gasteiger partial charge >= 0.3 is 0 Å². The van der Waals surface area contributed by atoms with Gasteiger partial charge in [0.05, 0.1) is 0 Å². The van der Waals surface area contributed by atoms with Crippen LogP contribution >= 0.6 is 23.4 Å². The molecule has 0 radical (unpaired) electrons. The van der Waals surface area contributed by atoms with E-state index >= 15 is 0 Å². The van der Waals surface area contributed by atoms with Crippen LogP contribution in [0.1, 0.15) is 12.7 Å². The lowest BCUT2D eigenvalue weighted by atomic mass is 10.2. The number of hydrogen-bond acceptors (Lipinski definition) is 5. The van der Waals surface area contributed by atoms with E-state index in [1.54, 1.807) is 13.2 Å². The summed E-state index contributed by atoms with van der Waals surface area (Å²) in [5.74, 6) is 3.06. The van der Waals surface area contributed by atoms with Gasteiger partial charge in [-0.25, -0.2) is 9.97 Å². The summed E-state index contributed by atoms with van der Waals surface area (Å²) >= 11 is 7.75. The molecule has 1 unspecified atom stereocenters. The second kappa shape index (κ2) is 7.74. The standard InChI is InChI=1S/C11H18ClN3OS/c1-8(7-17-3)5-13-10-4-9(12)14-11(15-10)6-16-2/h4,8H,5-7H2,1-3H3,(H,13,14,15). The third-order valence-electron chi connectivity index (χ3n) is 2.10. The number of halogens is 1. The molecule has 0 aliphatic rings. The van der Waals surface area contributed by atoms with Crippen LogP contribution in [0.25, 0.3) is 0 Å². The first-order valence-corrected chi connectivity index (χ1v) is 7.18. The lowest BCUT2D eigenvalue weighted by Gasteiger charge is -2.12. The molecule has 0 amide bonds. The summed E-state index contributed by atoms with van der Waals surface area (Å²) in [5.41, 5.74) is 0. The zero-order chi connectivity index (χ0) is 12.7. The van der Waals surface area contributed by atoms with E-state index in [-0.39, 0.29) is 0 Å². The van der Waals surface area contributed by atoms with Gasteiger partial charge in [0.1, 0.15) is 17.6 Å². The second-order valence-corrected chi connectivity index (χ2v) is 5.16. The van der Waals surface area contributed by atoms with Crippen LogP contribution in [0.15, 0.2) is 6.07 Å². The molecule has 0 aliphatic carbocycles. The van der Waals surface area contributed by atoms with Crippen molar-refractivity contribution in [2.45, 2.75) is 13.5 Å². The molecule has 17 heavy (non-hydrogen) atoms. The van der Waals surface area contributed by atoms with Crippen molar-refractivity contribution in [3.05, 3.63) is 17.0 Å². The highest BCUT2D eigenvalue weighted by Gasteiger charge is 2.05. The molecule has 1 N–H and O–H groups in total. The summed E-state index contributed by atoms with van der Waals surface area (Å²) in [5, 5.41) is 3.70. The molecule has 1 aromatic heterocycles. The third kappa shape index (κ3) is 5.57. The fourth-order valence-electron chi connectivity index (χ4n) is 1.37. The van der Waals surface area contributed by atoms with Crippen molar-refractivity contribution in [1.29, 1.82) is 0 Å². The second-order valence-electron chi connectivity index (χ2n) is 3.87. The van der Waals surface area contributed by atoms with Crippen LogP contribution in [0.3, 0.4) is 0 Å². The number of methoxy groups -OCH3 is 1. The molecule has 0 saturated heterocycles.